The van der Waals surface area contributed by atoms with Crippen molar-refractivity contribution in [3.05, 3.63) is 60.5 Å². The molecule has 3 rings (SSSR count). The van der Waals surface area contributed by atoms with Crippen LogP contribution in [0, 0.1) is 5.82 Å². The van der Waals surface area contributed by atoms with Crippen LogP contribution < -0.4 is 5.73 Å². The molecule has 0 unspecified atom stereocenters. The Hall–Kier alpha value is -2.42. The number of anilines is 1. The lowest BCUT2D eigenvalue weighted by Crippen LogP contribution is -1.94. The molecule has 3 heteroatoms. The zero-order chi connectivity index (χ0) is 12.5. The highest BCUT2D eigenvalue weighted by Gasteiger charge is 2.09. The number of nitrogens with zero attached hydrogens (tertiary/aromatic N) is 1. The highest BCUT2D eigenvalue weighted by Crippen LogP contribution is 2.32. The average molecular weight is 238 g/mol. The first-order chi connectivity index (χ1) is 8.77. The third kappa shape index (κ3) is 1.61. The van der Waals surface area contributed by atoms with E-state index < -0.39 is 5.82 Å². The van der Waals surface area contributed by atoms with Gasteiger partial charge in [-0.05, 0) is 23.8 Å². The van der Waals surface area contributed by atoms with Gasteiger partial charge in [0.1, 0.15) is 5.82 Å². The van der Waals surface area contributed by atoms with Crippen molar-refractivity contribution >= 4 is 16.6 Å². The summed E-state index contributed by atoms with van der Waals surface area (Å²) in [6, 6.07) is 14.4. The molecule has 88 valence electrons. The highest BCUT2D eigenvalue weighted by atomic mass is 19.1. The number of pyridine rings is 1. The van der Waals surface area contributed by atoms with Gasteiger partial charge in [-0.2, -0.15) is 0 Å². The number of aromatic nitrogens is 1. The van der Waals surface area contributed by atoms with Crippen LogP contribution in [0.5, 0.6) is 0 Å². The van der Waals surface area contributed by atoms with Crippen molar-refractivity contribution in [2.75, 3.05) is 5.73 Å². The summed E-state index contributed by atoms with van der Waals surface area (Å²) < 4.78 is 13.5. The molecule has 0 aliphatic heterocycles. The van der Waals surface area contributed by atoms with Crippen molar-refractivity contribution < 1.29 is 4.39 Å². The molecule has 0 fully saturated rings. The van der Waals surface area contributed by atoms with Gasteiger partial charge in [0.05, 0.1) is 11.2 Å². The van der Waals surface area contributed by atoms with Gasteiger partial charge in [-0.25, -0.2) is 4.39 Å². The Morgan fingerprint density at radius 2 is 1.67 bits per heavy atom. The molecule has 0 aliphatic rings. The first-order valence-corrected chi connectivity index (χ1v) is 5.65. The van der Waals surface area contributed by atoms with Crippen molar-refractivity contribution in [2.24, 2.45) is 0 Å². The van der Waals surface area contributed by atoms with Crippen LogP contribution in [-0.2, 0) is 0 Å². The molecule has 18 heavy (non-hydrogen) atoms. The molecular weight excluding hydrogens is 227 g/mol. The van der Waals surface area contributed by atoms with E-state index in [1.807, 2.05) is 36.4 Å². The fourth-order valence-corrected chi connectivity index (χ4v) is 2.11. The van der Waals surface area contributed by atoms with Gasteiger partial charge in [0.2, 0.25) is 0 Å². The smallest absolute Gasteiger partial charge is 0.146 e. The molecule has 1 heterocycles. The van der Waals surface area contributed by atoms with Crippen LogP contribution >= 0.6 is 0 Å². The van der Waals surface area contributed by atoms with Gasteiger partial charge in [-0.15, -0.1) is 0 Å². The first-order valence-electron chi connectivity index (χ1n) is 5.65. The molecule has 0 saturated carbocycles. The fourth-order valence-electron chi connectivity index (χ4n) is 2.11. The molecule has 0 radical (unpaired) electrons. The Balaban J connectivity index is 2.35. The fraction of sp³-hybridized carbons (Fsp3) is 0. The summed E-state index contributed by atoms with van der Waals surface area (Å²) >= 11 is 0. The van der Waals surface area contributed by atoms with Crippen molar-refractivity contribution in [3.63, 3.8) is 0 Å². The molecule has 3 aromatic rings. The molecule has 2 N–H and O–H groups in total. The topological polar surface area (TPSA) is 38.9 Å². The Morgan fingerprint density at radius 3 is 2.56 bits per heavy atom. The second-order valence-electron chi connectivity index (χ2n) is 4.08. The van der Waals surface area contributed by atoms with E-state index in [4.69, 9.17) is 5.73 Å². The highest BCUT2D eigenvalue weighted by molar-refractivity contribution is 5.97. The van der Waals surface area contributed by atoms with Crippen LogP contribution in [-0.4, -0.2) is 4.98 Å². The number of hydrogen-bond donors (Lipinski definition) is 1. The average Bonchev–Trinajstić information content (AvgIpc) is 2.41. The van der Waals surface area contributed by atoms with Crippen molar-refractivity contribution in [1.82, 2.24) is 4.98 Å². The lowest BCUT2D eigenvalue weighted by Gasteiger charge is -2.09. The van der Waals surface area contributed by atoms with Crippen molar-refractivity contribution in [2.45, 2.75) is 0 Å². The summed E-state index contributed by atoms with van der Waals surface area (Å²) in [6.07, 6.45) is 1.74. The van der Waals surface area contributed by atoms with Crippen LogP contribution in [0.4, 0.5) is 10.1 Å². The molecule has 2 aromatic carbocycles. The van der Waals surface area contributed by atoms with Gasteiger partial charge in [-0.3, -0.25) is 4.98 Å². The van der Waals surface area contributed by atoms with E-state index in [0.29, 0.717) is 5.56 Å². The maximum atomic E-state index is 13.5. The Bertz CT molecular complexity index is 717. The molecule has 0 spiro atoms. The summed E-state index contributed by atoms with van der Waals surface area (Å²) in [5, 5.41) is 0.970. The summed E-state index contributed by atoms with van der Waals surface area (Å²) in [5.74, 6) is -0.395. The SMILES string of the molecule is Nc1c(F)cccc1-c1cccc2ncccc12. The van der Waals surface area contributed by atoms with Gasteiger partial charge in [0.25, 0.3) is 0 Å². The quantitative estimate of drug-likeness (QED) is 0.657. The van der Waals surface area contributed by atoms with Crippen LogP contribution in [0.3, 0.4) is 0 Å². The third-order valence-electron chi connectivity index (χ3n) is 2.99. The second-order valence-corrected chi connectivity index (χ2v) is 4.08. The number of hydrogen-bond acceptors (Lipinski definition) is 2. The normalized spacial score (nSPS) is 10.7. The van der Waals surface area contributed by atoms with Gasteiger partial charge in [0, 0.05) is 17.1 Å². The van der Waals surface area contributed by atoms with Crippen LogP contribution in [0.15, 0.2) is 54.7 Å². The summed E-state index contributed by atoms with van der Waals surface area (Å²) in [7, 11) is 0. The predicted octanol–water partition coefficient (Wildman–Crippen LogP) is 3.62. The Labute approximate surface area is 104 Å². The third-order valence-corrected chi connectivity index (χ3v) is 2.99. The molecular formula is C15H11FN2. The number of fused-ring (bicyclic) bond motifs is 1. The van der Waals surface area contributed by atoms with E-state index in [0.717, 1.165) is 16.5 Å². The maximum absolute atomic E-state index is 13.5. The predicted molar refractivity (Wildman–Crippen MR) is 71.5 cm³/mol. The van der Waals surface area contributed by atoms with Gasteiger partial charge >= 0.3 is 0 Å². The van der Waals surface area contributed by atoms with E-state index in [1.54, 1.807) is 12.3 Å². The number of rotatable bonds is 1. The van der Waals surface area contributed by atoms with E-state index in [9.17, 15) is 4.39 Å². The lowest BCUT2D eigenvalue weighted by atomic mass is 9.99. The van der Waals surface area contributed by atoms with Crippen molar-refractivity contribution in [3.8, 4) is 11.1 Å². The lowest BCUT2D eigenvalue weighted by molar-refractivity contribution is 0.633. The van der Waals surface area contributed by atoms with Crippen LogP contribution in [0.2, 0.25) is 0 Å². The molecule has 0 amide bonds. The number of nitrogens with two attached hydrogens (primary N) is 1. The molecule has 2 nitrogen and oxygen atoms in total. The minimum absolute atomic E-state index is 0.175. The summed E-state index contributed by atoms with van der Waals surface area (Å²) in [6.45, 7) is 0. The number of para-hydroxylation sites is 1. The first kappa shape index (κ1) is 10.7. The van der Waals surface area contributed by atoms with E-state index in [2.05, 4.69) is 4.98 Å². The van der Waals surface area contributed by atoms with Gasteiger partial charge < -0.3 is 5.73 Å². The number of nitrogen functional groups attached to an aromatic ring is 1. The summed E-state index contributed by atoms with van der Waals surface area (Å²) in [4.78, 5) is 4.28. The molecule has 0 bridgehead atoms. The zero-order valence-electron chi connectivity index (χ0n) is 9.60. The van der Waals surface area contributed by atoms with Crippen LogP contribution in [0.1, 0.15) is 0 Å². The largest absolute Gasteiger partial charge is 0.396 e. The zero-order valence-corrected chi connectivity index (χ0v) is 9.60. The van der Waals surface area contributed by atoms with E-state index >= 15 is 0 Å². The minimum atomic E-state index is -0.395. The second kappa shape index (κ2) is 4.11. The van der Waals surface area contributed by atoms with E-state index in [-0.39, 0.29) is 5.69 Å². The Kier molecular flexibility index (Phi) is 2.45. The molecule has 0 saturated heterocycles. The van der Waals surface area contributed by atoms with Gasteiger partial charge in [-0.1, -0.05) is 30.3 Å². The van der Waals surface area contributed by atoms with E-state index in [1.165, 1.54) is 6.07 Å². The summed E-state index contributed by atoms with van der Waals surface area (Å²) in [5.41, 5.74) is 8.46. The molecule has 1 aromatic heterocycles. The molecule has 0 aliphatic carbocycles. The maximum Gasteiger partial charge on any atom is 0.146 e. The van der Waals surface area contributed by atoms with Gasteiger partial charge in [0.15, 0.2) is 0 Å². The van der Waals surface area contributed by atoms with Crippen LogP contribution in [0.25, 0.3) is 22.0 Å². The monoisotopic (exact) mass is 238 g/mol. The van der Waals surface area contributed by atoms with Crippen molar-refractivity contribution in [1.29, 1.82) is 0 Å². The molecule has 0 atom stereocenters. The standard InChI is InChI=1S/C15H11FN2/c16-13-7-1-5-12(15(13)17)10-4-2-8-14-11(10)6-3-9-18-14/h1-9H,17H2. The number of benzene rings is 2. The minimum Gasteiger partial charge on any atom is -0.396 e. The number of halogens is 1. The Morgan fingerprint density at radius 1 is 0.889 bits per heavy atom.